The molecule has 0 spiro atoms. The fourth-order valence-corrected chi connectivity index (χ4v) is 1.40. The van der Waals surface area contributed by atoms with Crippen LogP contribution in [0.5, 0.6) is 0 Å². The van der Waals surface area contributed by atoms with Crippen LogP contribution in [0.4, 0.5) is 0 Å². The van der Waals surface area contributed by atoms with Gasteiger partial charge in [0.2, 0.25) is 0 Å². The van der Waals surface area contributed by atoms with E-state index in [1.165, 1.54) is 7.11 Å². The molecule has 0 bridgehead atoms. The fraction of sp³-hybridized carbons (Fsp3) is 0.500. The van der Waals surface area contributed by atoms with Crippen LogP contribution in [-0.4, -0.2) is 19.6 Å². The standard InChI is InChI=1S/C12H16N2O3/c1-8(5-13)6-14-7-10-4-11(9(2)17-10)12(15)16-3/h4,8,14H,6-7H2,1-3H3. The van der Waals surface area contributed by atoms with Crippen molar-refractivity contribution in [2.24, 2.45) is 5.92 Å². The SMILES string of the molecule is COC(=O)c1cc(CNCC(C)C#N)oc1C. The number of hydrogen-bond donors (Lipinski definition) is 1. The molecular formula is C12H16N2O3. The van der Waals surface area contributed by atoms with Gasteiger partial charge in [0.1, 0.15) is 17.1 Å². The summed E-state index contributed by atoms with van der Waals surface area (Å²) in [6.45, 7) is 4.63. The van der Waals surface area contributed by atoms with Gasteiger partial charge >= 0.3 is 5.97 Å². The van der Waals surface area contributed by atoms with Crippen molar-refractivity contribution < 1.29 is 13.9 Å². The first kappa shape index (κ1) is 13.3. The van der Waals surface area contributed by atoms with Crippen molar-refractivity contribution in [3.05, 3.63) is 23.2 Å². The third kappa shape index (κ3) is 3.61. The van der Waals surface area contributed by atoms with Gasteiger partial charge < -0.3 is 14.5 Å². The van der Waals surface area contributed by atoms with Crippen molar-refractivity contribution in [2.45, 2.75) is 20.4 Å². The summed E-state index contributed by atoms with van der Waals surface area (Å²) in [5, 5.41) is 11.7. The lowest BCUT2D eigenvalue weighted by Gasteiger charge is -2.02. The van der Waals surface area contributed by atoms with Crippen molar-refractivity contribution in [3.8, 4) is 6.07 Å². The summed E-state index contributed by atoms with van der Waals surface area (Å²) >= 11 is 0. The third-order valence-electron chi connectivity index (χ3n) is 2.34. The second-order valence-corrected chi connectivity index (χ2v) is 3.84. The molecule has 92 valence electrons. The Labute approximate surface area is 100 Å². The smallest absolute Gasteiger partial charge is 0.341 e. The minimum absolute atomic E-state index is 0.0499. The van der Waals surface area contributed by atoms with Gasteiger partial charge in [0.05, 0.1) is 25.6 Å². The molecule has 0 radical (unpaired) electrons. The zero-order valence-electron chi connectivity index (χ0n) is 10.2. The molecule has 0 saturated carbocycles. The number of methoxy groups -OCH3 is 1. The molecule has 0 aliphatic carbocycles. The number of furan rings is 1. The number of esters is 1. The molecule has 1 heterocycles. The van der Waals surface area contributed by atoms with Crippen molar-refractivity contribution in [1.82, 2.24) is 5.32 Å². The number of carbonyl (C=O) groups excluding carboxylic acids is 1. The van der Waals surface area contributed by atoms with Gasteiger partial charge in [-0.1, -0.05) is 0 Å². The van der Waals surface area contributed by atoms with Gasteiger partial charge in [-0.2, -0.15) is 5.26 Å². The van der Waals surface area contributed by atoms with Gasteiger partial charge in [-0.15, -0.1) is 0 Å². The molecule has 17 heavy (non-hydrogen) atoms. The lowest BCUT2D eigenvalue weighted by atomic mass is 10.2. The molecule has 0 amide bonds. The van der Waals surface area contributed by atoms with Gasteiger partial charge in [0.25, 0.3) is 0 Å². The van der Waals surface area contributed by atoms with Crippen LogP contribution in [0.3, 0.4) is 0 Å². The largest absolute Gasteiger partial charge is 0.465 e. The fourth-order valence-electron chi connectivity index (χ4n) is 1.40. The number of ether oxygens (including phenoxy) is 1. The monoisotopic (exact) mass is 236 g/mol. The molecular weight excluding hydrogens is 220 g/mol. The van der Waals surface area contributed by atoms with Crippen LogP contribution < -0.4 is 5.32 Å². The minimum atomic E-state index is -0.400. The molecule has 1 unspecified atom stereocenters. The van der Waals surface area contributed by atoms with Gasteiger partial charge in [-0.05, 0) is 19.9 Å². The maximum Gasteiger partial charge on any atom is 0.341 e. The molecule has 0 aliphatic rings. The first-order valence-electron chi connectivity index (χ1n) is 5.36. The summed E-state index contributed by atoms with van der Waals surface area (Å²) in [6, 6.07) is 3.79. The highest BCUT2D eigenvalue weighted by molar-refractivity contribution is 5.90. The van der Waals surface area contributed by atoms with E-state index in [1.54, 1.807) is 13.0 Å². The maximum absolute atomic E-state index is 11.3. The summed E-state index contributed by atoms with van der Waals surface area (Å²) in [4.78, 5) is 11.3. The number of nitrogens with one attached hydrogen (secondary N) is 1. The van der Waals surface area contributed by atoms with E-state index >= 15 is 0 Å². The summed E-state index contributed by atoms with van der Waals surface area (Å²) in [7, 11) is 1.33. The molecule has 0 saturated heterocycles. The zero-order valence-corrected chi connectivity index (χ0v) is 10.2. The molecule has 5 nitrogen and oxygen atoms in total. The number of rotatable bonds is 5. The summed E-state index contributed by atoms with van der Waals surface area (Å²) in [6.07, 6.45) is 0. The summed E-state index contributed by atoms with van der Waals surface area (Å²) < 4.78 is 10.0. The van der Waals surface area contributed by atoms with Crippen LogP contribution in [0.15, 0.2) is 10.5 Å². The highest BCUT2D eigenvalue weighted by Crippen LogP contribution is 2.15. The minimum Gasteiger partial charge on any atom is -0.465 e. The molecule has 1 N–H and O–H groups in total. The normalized spacial score (nSPS) is 11.9. The number of nitrogens with zero attached hydrogens (tertiary/aromatic N) is 1. The molecule has 1 atom stereocenters. The predicted molar refractivity (Wildman–Crippen MR) is 61.3 cm³/mol. The van der Waals surface area contributed by atoms with Gasteiger partial charge in [-0.3, -0.25) is 0 Å². The van der Waals surface area contributed by atoms with Crippen LogP contribution in [-0.2, 0) is 11.3 Å². The number of hydrogen-bond acceptors (Lipinski definition) is 5. The van der Waals surface area contributed by atoms with Crippen LogP contribution >= 0.6 is 0 Å². The average Bonchev–Trinajstić information content (AvgIpc) is 2.69. The summed E-state index contributed by atoms with van der Waals surface area (Å²) in [5.74, 6) is 0.754. The Bertz CT molecular complexity index is 431. The van der Waals surface area contributed by atoms with Crippen LogP contribution in [0.25, 0.3) is 0 Å². The van der Waals surface area contributed by atoms with Crippen molar-refractivity contribution in [1.29, 1.82) is 5.26 Å². The number of nitriles is 1. The van der Waals surface area contributed by atoms with E-state index < -0.39 is 5.97 Å². The zero-order chi connectivity index (χ0) is 12.8. The lowest BCUT2D eigenvalue weighted by Crippen LogP contribution is -2.19. The molecule has 0 aromatic carbocycles. The Morgan fingerprint density at radius 3 is 3.00 bits per heavy atom. The van der Waals surface area contributed by atoms with E-state index in [-0.39, 0.29) is 5.92 Å². The molecule has 0 aliphatic heterocycles. The quantitative estimate of drug-likeness (QED) is 0.786. The van der Waals surface area contributed by atoms with E-state index in [9.17, 15) is 4.79 Å². The number of carbonyl (C=O) groups is 1. The maximum atomic E-state index is 11.3. The Balaban J connectivity index is 2.56. The van der Waals surface area contributed by atoms with Gasteiger partial charge in [0.15, 0.2) is 0 Å². The molecule has 1 aromatic rings. The molecule has 5 heteroatoms. The van der Waals surface area contributed by atoms with Gasteiger partial charge in [0, 0.05) is 6.54 Å². The first-order valence-corrected chi connectivity index (χ1v) is 5.36. The molecule has 1 rings (SSSR count). The molecule has 0 fully saturated rings. The van der Waals surface area contributed by atoms with Crippen LogP contribution in [0.2, 0.25) is 0 Å². The topological polar surface area (TPSA) is 75.3 Å². The molecule has 1 aromatic heterocycles. The van der Waals surface area contributed by atoms with Crippen molar-refractivity contribution in [3.63, 3.8) is 0 Å². The number of aryl methyl sites for hydroxylation is 1. The Hall–Kier alpha value is -1.80. The lowest BCUT2D eigenvalue weighted by molar-refractivity contribution is 0.0599. The second-order valence-electron chi connectivity index (χ2n) is 3.84. The van der Waals surface area contributed by atoms with E-state index in [4.69, 9.17) is 9.68 Å². The predicted octanol–water partition coefficient (Wildman–Crippen LogP) is 1.62. The average molecular weight is 236 g/mol. The Morgan fingerprint density at radius 2 is 2.41 bits per heavy atom. The first-order chi connectivity index (χ1) is 8.08. The third-order valence-corrected chi connectivity index (χ3v) is 2.34. The Morgan fingerprint density at radius 1 is 1.71 bits per heavy atom. The van der Waals surface area contributed by atoms with E-state index in [0.717, 1.165) is 0 Å². The van der Waals surface area contributed by atoms with E-state index in [2.05, 4.69) is 16.1 Å². The van der Waals surface area contributed by atoms with Crippen molar-refractivity contribution in [2.75, 3.05) is 13.7 Å². The van der Waals surface area contributed by atoms with E-state index in [1.807, 2.05) is 6.92 Å². The summed E-state index contributed by atoms with van der Waals surface area (Å²) in [5.41, 5.74) is 0.442. The Kier molecular flexibility index (Phi) is 4.73. The van der Waals surface area contributed by atoms with Crippen LogP contribution in [0, 0.1) is 24.2 Å². The highest BCUT2D eigenvalue weighted by atomic mass is 16.5. The van der Waals surface area contributed by atoms with Crippen LogP contribution in [0.1, 0.15) is 28.8 Å². The second kappa shape index (κ2) is 6.06. The highest BCUT2D eigenvalue weighted by Gasteiger charge is 2.14. The van der Waals surface area contributed by atoms with E-state index in [0.29, 0.717) is 30.2 Å². The van der Waals surface area contributed by atoms with Gasteiger partial charge in [-0.25, -0.2) is 4.79 Å². The van der Waals surface area contributed by atoms with Crippen molar-refractivity contribution >= 4 is 5.97 Å².